The standard InChI is InChI=1S/C24H26ClN3O2/c1-16-8-7-9-17-14-18(23(29)27-22(16)17)15-28(19-10-3-2-4-11-19)24(30)26-21-13-6-5-12-20(21)25/h5-9,12-14,19H,2-4,10-11,15H2,1H3,(H,26,30)(H,27,29). The molecule has 4 rings (SSSR count). The van der Waals surface area contributed by atoms with Crippen molar-refractivity contribution < 1.29 is 4.79 Å². The van der Waals surface area contributed by atoms with E-state index in [4.69, 9.17) is 11.6 Å². The largest absolute Gasteiger partial charge is 0.322 e. The zero-order valence-electron chi connectivity index (χ0n) is 17.1. The predicted molar refractivity (Wildman–Crippen MR) is 122 cm³/mol. The summed E-state index contributed by atoms with van der Waals surface area (Å²) in [6.07, 6.45) is 5.26. The molecule has 0 radical (unpaired) electrons. The number of nitrogens with one attached hydrogen (secondary N) is 2. The molecule has 0 saturated heterocycles. The van der Waals surface area contributed by atoms with E-state index < -0.39 is 0 Å². The number of urea groups is 1. The van der Waals surface area contributed by atoms with Crippen LogP contribution in [0.5, 0.6) is 0 Å². The molecule has 2 aromatic carbocycles. The van der Waals surface area contributed by atoms with E-state index in [0.29, 0.717) is 16.3 Å². The molecular formula is C24H26ClN3O2. The summed E-state index contributed by atoms with van der Waals surface area (Å²) in [5, 5.41) is 4.40. The van der Waals surface area contributed by atoms with Gasteiger partial charge < -0.3 is 15.2 Å². The Bertz CT molecular complexity index is 1120. The third-order valence-electron chi connectivity index (χ3n) is 5.90. The van der Waals surface area contributed by atoms with E-state index in [1.54, 1.807) is 17.0 Å². The minimum Gasteiger partial charge on any atom is -0.321 e. The number of benzene rings is 2. The van der Waals surface area contributed by atoms with Crippen LogP contribution in [-0.2, 0) is 6.54 Å². The van der Waals surface area contributed by atoms with E-state index in [0.717, 1.165) is 42.1 Å². The van der Waals surface area contributed by atoms with Gasteiger partial charge in [-0.3, -0.25) is 4.79 Å². The van der Waals surface area contributed by atoms with Gasteiger partial charge in [-0.05, 0) is 48.9 Å². The van der Waals surface area contributed by atoms with Crippen molar-refractivity contribution in [3.63, 3.8) is 0 Å². The molecule has 3 aromatic rings. The van der Waals surface area contributed by atoms with Gasteiger partial charge in [0.15, 0.2) is 0 Å². The maximum absolute atomic E-state index is 13.2. The zero-order valence-corrected chi connectivity index (χ0v) is 17.8. The number of hydrogen-bond donors (Lipinski definition) is 2. The number of anilines is 1. The highest BCUT2D eigenvalue weighted by Crippen LogP contribution is 2.27. The van der Waals surface area contributed by atoms with Crippen LogP contribution in [0.15, 0.2) is 53.3 Å². The minimum atomic E-state index is -0.223. The Morgan fingerprint density at radius 2 is 1.90 bits per heavy atom. The lowest BCUT2D eigenvalue weighted by Crippen LogP contribution is -2.44. The van der Waals surface area contributed by atoms with Crippen molar-refractivity contribution in [3.8, 4) is 0 Å². The smallest absolute Gasteiger partial charge is 0.321 e. The van der Waals surface area contributed by atoms with Crippen LogP contribution in [0.25, 0.3) is 10.9 Å². The number of H-pyrrole nitrogens is 1. The first-order valence-corrected chi connectivity index (χ1v) is 10.8. The predicted octanol–water partition coefficient (Wildman–Crippen LogP) is 5.86. The number of aromatic amines is 1. The summed E-state index contributed by atoms with van der Waals surface area (Å²) in [4.78, 5) is 30.8. The van der Waals surface area contributed by atoms with E-state index in [1.807, 2.05) is 43.3 Å². The fraction of sp³-hybridized carbons (Fsp3) is 0.333. The molecule has 6 heteroatoms. The van der Waals surface area contributed by atoms with Gasteiger partial charge in [0.25, 0.3) is 5.56 Å². The third-order valence-corrected chi connectivity index (χ3v) is 6.23. The van der Waals surface area contributed by atoms with E-state index in [2.05, 4.69) is 10.3 Å². The minimum absolute atomic E-state index is 0.105. The van der Waals surface area contributed by atoms with Crippen molar-refractivity contribution in [2.75, 3.05) is 5.32 Å². The molecule has 1 heterocycles. The molecule has 0 unspecified atom stereocenters. The van der Waals surface area contributed by atoms with Crippen molar-refractivity contribution in [1.29, 1.82) is 0 Å². The SMILES string of the molecule is Cc1cccc2cc(CN(C(=O)Nc3ccccc3Cl)C3CCCCC3)c(=O)[nH]c12. The molecule has 2 N–H and O–H groups in total. The van der Waals surface area contributed by atoms with E-state index in [1.165, 1.54) is 6.42 Å². The molecule has 1 aliphatic carbocycles. The van der Waals surface area contributed by atoms with Gasteiger partial charge in [-0.2, -0.15) is 0 Å². The number of pyridine rings is 1. The van der Waals surface area contributed by atoms with Crippen LogP contribution in [0.3, 0.4) is 0 Å². The maximum Gasteiger partial charge on any atom is 0.322 e. The molecule has 1 aliphatic rings. The molecule has 0 aliphatic heterocycles. The van der Waals surface area contributed by atoms with Gasteiger partial charge in [-0.1, -0.05) is 61.2 Å². The Labute approximate surface area is 181 Å². The number of hydrogen-bond acceptors (Lipinski definition) is 2. The van der Waals surface area contributed by atoms with Crippen LogP contribution in [0.4, 0.5) is 10.5 Å². The molecule has 1 fully saturated rings. The quantitative estimate of drug-likeness (QED) is 0.552. The molecular weight excluding hydrogens is 398 g/mol. The van der Waals surface area contributed by atoms with Crippen molar-refractivity contribution in [2.45, 2.75) is 51.6 Å². The Morgan fingerprint density at radius 3 is 2.67 bits per heavy atom. The molecule has 1 saturated carbocycles. The van der Waals surface area contributed by atoms with Crippen LogP contribution in [0, 0.1) is 6.92 Å². The molecule has 1 aromatic heterocycles. The first-order valence-electron chi connectivity index (χ1n) is 10.5. The molecule has 0 bridgehead atoms. The Hall–Kier alpha value is -2.79. The van der Waals surface area contributed by atoms with Gasteiger partial charge in [-0.15, -0.1) is 0 Å². The second kappa shape index (κ2) is 8.92. The highest BCUT2D eigenvalue weighted by molar-refractivity contribution is 6.33. The van der Waals surface area contributed by atoms with Crippen molar-refractivity contribution in [1.82, 2.24) is 9.88 Å². The van der Waals surface area contributed by atoms with Crippen LogP contribution in [-0.4, -0.2) is 22.0 Å². The van der Waals surface area contributed by atoms with Crippen LogP contribution in [0.2, 0.25) is 5.02 Å². The maximum atomic E-state index is 13.2. The number of fused-ring (bicyclic) bond motifs is 1. The monoisotopic (exact) mass is 423 g/mol. The fourth-order valence-corrected chi connectivity index (χ4v) is 4.42. The first-order chi connectivity index (χ1) is 14.5. The highest BCUT2D eigenvalue weighted by atomic mass is 35.5. The van der Waals surface area contributed by atoms with Crippen molar-refractivity contribution in [3.05, 3.63) is 75.0 Å². The normalized spacial score (nSPS) is 14.6. The molecule has 2 amide bonds. The topological polar surface area (TPSA) is 65.2 Å². The van der Waals surface area contributed by atoms with E-state index in [9.17, 15) is 9.59 Å². The molecule has 0 atom stereocenters. The van der Waals surface area contributed by atoms with Crippen molar-refractivity contribution in [2.24, 2.45) is 0 Å². The summed E-state index contributed by atoms with van der Waals surface area (Å²) >= 11 is 6.24. The highest BCUT2D eigenvalue weighted by Gasteiger charge is 2.27. The van der Waals surface area contributed by atoms with E-state index in [-0.39, 0.29) is 24.2 Å². The summed E-state index contributed by atoms with van der Waals surface area (Å²) in [5.41, 5.74) is 2.89. The number of halogens is 1. The lowest BCUT2D eigenvalue weighted by Gasteiger charge is -2.34. The summed E-state index contributed by atoms with van der Waals surface area (Å²) in [6, 6.07) is 14.9. The van der Waals surface area contributed by atoms with Gasteiger partial charge in [0.1, 0.15) is 0 Å². The number of carbonyl (C=O) groups excluding carboxylic acids is 1. The van der Waals surface area contributed by atoms with Gasteiger partial charge in [0.2, 0.25) is 0 Å². The number of amides is 2. The lowest BCUT2D eigenvalue weighted by molar-refractivity contribution is 0.162. The van der Waals surface area contributed by atoms with Crippen LogP contribution >= 0.6 is 11.6 Å². The Balaban J connectivity index is 1.65. The molecule has 30 heavy (non-hydrogen) atoms. The summed E-state index contributed by atoms with van der Waals surface area (Å²) in [5.74, 6) is 0. The van der Waals surface area contributed by atoms with E-state index >= 15 is 0 Å². The second-order valence-corrected chi connectivity index (χ2v) is 8.40. The van der Waals surface area contributed by atoms with Gasteiger partial charge in [0.05, 0.1) is 22.8 Å². The second-order valence-electron chi connectivity index (χ2n) is 7.99. The average molecular weight is 424 g/mol. The number of carbonyl (C=O) groups is 1. The van der Waals surface area contributed by atoms with Crippen molar-refractivity contribution >= 4 is 34.2 Å². The van der Waals surface area contributed by atoms with Gasteiger partial charge in [0, 0.05) is 11.6 Å². The summed E-state index contributed by atoms with van der Waals surface area (Å²) < 4.78 is 0. The van der Waals surface area contributed by atoms with Gasteiger partial charge in [-0.25, -0.2) is 4.79 Å². The van der Waals surface area contributed by atoms with Crippen LogP contribution in [0.1, 0.15) is 43.2 Å². The summed E-state index contributed by atoms with van der Waals surface area (Å²) in [6.45, 7) is 2.24. The third kappa shape index (κ3) is 4.36. The van der Waals surface area contributed by atoms with Gasteiger partial charge >= 0.3 is 6.03 Å². The molecule has 156 valence electrons. The Kier molecular flexibility index (Phi) is 6.09. The lowest BCUT2D eigenvalue weighted by atomic mass is 9.94. The number of nitrogens with zero attached hydrogens (tertiary/aromatic N) is 1. The number of aryl methyl sites for hydroxylation is 1. The number of para-hydroxylation sites is 2. The molecule has 0 spiro atoms. The summed E-state index contributed by atoms with van der Waals surface area (Å²) in [7, 11) is 0. The van der Waals surface area contributed by atoms with Crippen LogP contribution < -0.4 is 10.9 Å². The number of rotatable bonds is 4. The zero-order chi connectivity index (χ0) is 21.1. The first kappa shape index (κ1) is 20.5. The Morgan fingerprint density at radius 1 is 1.13 bits per heavy atom. The fourth-order valence-electron chi connectivity index (χ4n) is 4.24. The number of aromatic nitrogens is 1. The molecule has 5 nitrogen and oxygen atoms in total. The average Bonchev–Trinajstić information content (AvgIpc) is 2.75.